The van der Waals surface area contributed by atoms with E-state index in [0.29, 0.717) is 17.1 Å². The minimum absolute atomic E-state index is 0.00568. The summed E-state index contributed by atoms with van der Waals surface area (Å²) in [6.45, 7) is -0.571. The van der Waals surface area contributed by atoms with Gasteiger partial charge < -0.3 is 24.2 Å². The van der Waals surface area contributed by atoms with Crippen molar-refractivity contribution < 1.29 is 33.3 Å². The van der Waals surface area contributed by atoms with Crippen molar-refractivity contribution in [3.8, 4) is 17.2 Å². The second-order valence-corrected chi connectivity index (χ2v) is 5.63. The Bertz CT molecular complexity index is 817. The van der Waals surface area contributed by atoms with Gasteiger partial charge in [-0.2, -0.15) is 0 Å². The third kappa shape index (κ3) is 5.10. The van der Waals surface area contributed by atoms with Crippen LogP contribution in [0.25, 0.3) is 0 Å². The highest BCUT2D eigenvalue weighted by atomic mass is 19.1. The van der Waals surface area contributed by atoms with Crippen LogP contribution in [-0.2, 0) is 11.3 Å². The molecule has 2 rings (SSSR count). The van der Waals surface area contributed by atoms with Crippen LogP contribution in [-0.4, -0.2) is 49.8 Å². The Kier molecular flexibility index (Phi) is 6.59. The molecule has 0 bridgehead atoms. The van der Waals surface area contributed by atoms with Gasteiger partial charge in [-0.05, 0) is 35.9 Å². The summed E-state index contributed by atoms with van der Waals surface area (Å²) in [6, 6.07) is 8.70. The molecule has 27 heavy (non-hydrogen) atoms. The summed E-state index contributed by atoms with van der Waals surface area (Å²) in [4.78, 5) is 25.0. The first kappa shape index (κ1) is 20.0. The van der Waals surface area contributed by atoms with Gasteiger partial charge >= 0.3 is 5.97 Å². The molecule has 2 aromatic carbocycles. The van der Waals surface area contributed by atoms with Gasteiger partial charge in [0, 0.05) is 18.2 Å². The first-order valence-corrected chi connectivity index (χ1v) is 7.94. The molecular formula is C19H20FNO6. The maximum absolute atomic E-state index is 13.9. The predicted octanol–water partition coefficient (Wildman–Crippen LogP) is 2.58. The summed E-state index contributed by atoms with van der Waals surface area (Å²) < 4.78 is 29.1. The van der Waals surface area contributed by atoms with Crippen molar-refractivity contribution in [1.29, 1.82) is 0 Å². The number of rotatable bonds is 8. The lowest BCUT2D eigenvalue weighted by atomic mass is 10.1. The molecule has 2 aromatic rings. The summed E-state index contributed by atoms with van der Waals surface area (Å²) in [5, 5.41) is 9.16. The number of halogens is 1. The van der Waals surface area contributed by atoms with Gasteiger partial charge in [0.2, 0.25) is 0 Å². The van der Waals surface area contributed by atoms with Gasteiger partial charge in [0.05, 0.1) is 21.3 Å². The molecule has 0 heterocycles. The SMILES string of the molecule is COc1cc(CN(CC(=O)O)C(=O)c2ccc(OC)c(F)c2)cc(OC)c1. The van der Waals surface area contributed by atoms with Crippen LogP contribution in [0.1, 0.15) is 15.9 Å². The Labute approximate surface area is 155 Å². The first-order chi connectivity index (χ1) is 12.9. The van der Waals surface area contributed by atoms with Crippen LogP contribution in [0.2, 0.25) is 0 Å². The summed E-state index contributed by atoms with van der Waals surface area (Å²) in [5.41, 5.74) is 0.624. The molecule has 0 spiro atoms. The molecule has 8 heteroatoms. The van der Waals surface area contributed by atoms with Crippen LogP contribution < -0.4 is 14.2 Å². The van der Waals surface area contributed by atoms with Crippen molar-refractivity contribution in [3.05, 3.63) is 53.3 Å². The van der Waals surface area contributed by atoms with Crippen LogP contribution in [0.15, 0.2) is 36.4 Å². The molecule has 0 saturated heterocycles. The van der Waals surface area contributed by atoms with Crippen molar-refractivity contribution >= 4 is 11.9 Å². The summed E-state index contributed by atoms with van der Waals surface area (Å²) in [5.74, 6) is -1.52. The topological polar surface area (TPSA) is 85.3 Å². The number of aliphatic carboxylic acids is 1. The number of hydrogen-bond acceptors (Lipinski definition) is 5. The van der Waals surface area contributed by atoms with E-state index in [1.807, 2.05) is 0 Å². The maximum Gasteiger partial charge on any atom is 0.323 e. The van der Waals surface area contributed by atoms with Gasteiger partial charge in [-0.3, -0.25) is 9.59 Å². The fraction of sp³-hybridized carbons (Fsp3) is 0.263. The number of carboxylic acid groups (broad SMARTS) is 1. The van der Waals surface area contributed by atoms with Crippen molar-refractivity contribution in [2.75, 3.05) is 27.9 Å². The molecule has 0 atom stereocenters. The van der Waals surface area contributed by atoms with E-state index in [1.165, 1.54) is 33.5 Å². The van der Waals surface area contributed by atoms with E-state index in [0.717, 1.165) is 11.0 Å². The van der Waals surface area contributed by atoms with Gasteiger partial charge in [-0.15, -0.1) is 0 Å². The Morgan fingerprint density at radius 3 is 2.11 bits per heavy atom. The molecule has 0 aliphatic rings. The molecule has 0 aliphatic heterocycles. The molecular weight excluding hydrogens is 357 g/mol. The van der Waals surface area contributed by atoms with Crippen molar-refractivity contribution in [3.63, 3.8) is 0 Å². The fourth-order valence-electron chi connectivity index (χ4n) is 2.52. The minimum Gasteiger partial charge on any atom is -0.497 e. The molecule has 0 aliphatic carbocycles. The second-order valence-electron chi connectivity index (χ2n) is 5.63. The zero-order chi connectivity index (χ0) is 20.0. The summed E-state index contributed by atoms with van der Waals surface area (Å²) in [7, 11) is 4.28. The quantitative estimate of drug-likeness (QED) is 0.761. The molecule has 0 unspecified atom stereocenters. The number of carbonyl (C=O) groups is 2. The van der Waals surface area contributed by atoms with E-state index >= 15 is 0 Å². The normalized spacial score (nSPS) is 10.2. The lowest BCUT2D eigenvalue weighted by Crippen LogP contribution is -2.35. The minimum atomic E-state index is -1.19. The Morgan fingerprint density at radius 2 is 1.63 bits per heavy atom. The lowest BCUT2D eigenvalue weighted by molar-refractivity contribution is -0.137. The highest BCUT2D eigenvalue weighted by molar-refractivity contribution is 5.96. The third-order valence-corrected chi connectivity index (χ3v) is 3.80. The van der Waals surface area contributed by atoms with E-state index in [4.69, 9.17) is 19.3 Å². The van der Waals surface area contributed by atoms with Crippen LogP contribution in [0.5, 0.6) is 17.2 Å². The smallest absolute Gasteiger partial charge is 0.323 e. The Hall–Kier alpha value is -3.29. The largest absolute Gasteiger partial charge is 0.497 e. The highest BCUT2D eigenvalue weighted by Gasteiger charge is 2.21. The standard InChI is InChI=1S/C19H20FNO6/c1-25-14-6-12(7-15(9-14)26-2)10-21(11-18(22)23)19(24)13-4-5-17(27-3)16(20)8-13/h4-9H,10-11H2,1-3H3,(H,22,23). The zero-order valence-electron chi connectivity index (χ0n) is 15.2. The van der Waals surface area contributed by atoms with E-state index in [1.54, 1.807) is 18.2 Å². The van der Waals surface area contributed by atoms with Gasteiger partial charge in [0.25, 0.3) is 5.91 Å². The molecule has 0 saturated carbocycles. The van der Waals surface area contributed by atoms with E-state index < -0.39 is 24.2 Å². The first-order valence-electron chi connectivity index (χ1n) is 7.94. The van der Waals surface area contributed by atoms with Gasteiger partial charge in [-0.25, -0.2) is 4.39 Å². The Balaban J connectivity index is 2.33. The van der Waals surface area contributed by atoms with Crippen molar-refractivity contribution in [1.82, 2.24) is 4.90 Å². The zero-order valence-corrected chi connectivity index (χ0v) is 15.2. The van der Waals surface area contributed by atoms with Gasteiger partial charge in [0.15, 0.2) is 11.6 Å². The van der Waals surface area contributed by atoms with Gasteiger partial charge in [0.1, 0.15) is 18.0 Å². The number of hydrogen-bond donors (Lipinski definition) is 1. The number of methoxy groups -OCH3 is 3. The number of nitrogens with zero attached hydrogens (tertiary/aromatic N) is 1. The fourth-order valence-corrected chi connectivity index (χ4v) is 2.52. The third-order valence-electron chi connectivity index (χ3n) is 3.80. The number of benzene rings is 2. The summed E-state index contributed by atoms with van der Waals surface area (Å²) in [6.07, 6.45) is 0. The monoisotopic (exact) mass is 377 g/mol. The second kappa shape index (κ2) is 8.88. The highest BCUT2D eigenvalue weighted by Crippen LogP contribution is 2.24. The van der Waals surface area contributed by atoms with Crippen LogP contribution >= 0.6 is 0 Å². The van der Waals surface area contributed by atoms with E-state index in [2.05, 4.69) is 0 Å². The molecule has 1 N–H and O–H groups in total. The number of ether oxygens (including phenoxy) is 3. The lowest BCUT2D eigenvalue weighted by Gasteiger charge is -2.22. The number of carboxylic acids is 1. The average molecular weight is 377 g/mol. The van der Waals surface area contributed by atoms with Crippen LogP contribution in [0.3, 0.4) is 0 Å². The average Bonchev–Trinajstić information content (AvgIpc) is 2.66. The maximum atomic E-state index is 13.9. The molecule has 7 nitrogen and oxygen atoms in total. The molecule has 144 valence electrons. The molecule has 1 amide bonds. The van der Waals surface area contributed by atoms with Gasteiger partial charge in [-0.1, -0.05) is 0 Å². The van der Waals surface area contributed by atoms with Crippen LogP contribution in [0.4, 0.5) is 4.39 Å². The number of amides is 1. The van der Waals surface area contributed by atoms with Crippen molar-refractivity contribution in [2.45, 2.75) is 6.54 Å². The predicted molar refractivity (Wildman–Crippen MR) is 94.9 cm³/mol. The Morgan fingerprint density at radius 1 is 1.00 bits per heavy atom. The molecule has 0 aromatic heterocycles. The molecule has 0 radical (unpaired) electrons. The number of carbonyl (C=O) groups excluding carboxylic acids is 1. The van der Waals surface area contributed by atoms with Crippen molar-refractivity contribution in [2.24, 2.45) is 0 Å². The van der Waals surface area contributed by atoms with Crippen LogP contribution in [0, 0.1) is 5.82 Å². The summed E-state index contributed by atoms with van der Waals surface area (Å²) >= 11 is 0. The van der Waals surface area contributed by atoms with E-state index in [-0.39, 0.29) is 17.9 Å². The molecule has 0 fully saturated rings. The van der Waals surface area contributed by atoms with E-state index in [9.17, 15) is 14.0 Å².